The van der Waals surface area contributed by atoms with Gasteiger partial charge >= 0.3 is 0 Å². The van der Waals surface area contributed by atoms with Gasteiger partial charge in [-0.15, -0.1) is 11.8 Å². The minimum atomic E-state index is 0.542. The third kappa shape index (κ3) is 2.14. The maximum Gasteiger partial charge on any atom is 0.0365 e. The number of thioether (sulfide) groups is 1. The van der Waals surface area contributed by atoms with Crippen LogP contribution in [0.15, 0.2) is 17.0 Å². The van der Waals surface area contributed by atoms with Crippen molar-refractivity contribution in [2.75, 3.05) is 12.3 Å². The van der Waals surface area contributed by atoms with Crippen LogP contribution in [0.1, 0.15) is 36.6 Å². The lowest BCUT2D eigenvalue weighted by molar-refractivity contribution is 0.415. The number of hydrogen-bond donors (Lipinski definition) is 1. The van der Waals surface area contributed by atoms with Crippen molar-refractivity contribution in [1.29, 1.82) is 0 Å². The van der Waals surface area contributed by atoms with Crippen molar-refractivity contribution in [2.24, 2.45) is 5.92 Å². The first-order valence-corrected chi connectivity index (χ1v) is 7.09. The molecule has 1 aromatic carbocycles. The zero-order chi connectivity index (χ0) is 11.7. The zero-order valence-electron chi connectivity index (χ0n) is 10.6. The van der Waals surface area contributed by atoms with Crippen molar-refractivity contribution in [3.63, 3.8) is 0 Å². The normalized spacial score (nSPS) is 24.2. The molecule has 0 bridgehead atoms. The number of rotatable bonds is 2. The Kier molecular flexibility index (Phi) is 3.60. The third-order valence-electron chi connectivity index (χ3n) is 3.27. The van der Waals surface area contributed by atoms with E-state index in [1.165, 1.54) is 27.3 Å². The molecule has 1 aliphatic rings. The molecule has 1 heterocycles. The predicted octanol–water partition coefficient (Wildman–Crippen LogP) is 3.70. The molecule has 0 spiro atoms. The minimum Gasteiger partial charge on any atom is -0.310 e. The Morgan fingerprint density at radius 1 is 1.38 bits per heavy atom. The molecule has 88 valence electrons. The van der Waals surface area contributed by atoms with Crippen LogP contribution < -0.4 is 5.32 Å². The summed E-state index contributed by atoms with van der Waals surface area (Å²) in [6.07, 6.45) is 0. The number of nitrogens with one attached hydrogen (secondary N) is 1. The largest absolute Gasteiger partial charge is 0.310 e. The van der Waals surface area contributed by atoms with E-state index in [1.807, 2.05) is 11.8 Å². The van der Waals surface area contributed by atoms with Crippen molar-refractivity contribution in [3.05, 3.63) is 28.8 Å². The van der Waals surface area contributed by atoms with Crippen LogP contribution in [0.2, 0.25) is 0 Å². The monoisotopic (exact) mass is 235 g/mol. The lowest BCUT2D eigenvalue weighted by Crippen LogP contribution is -2.31. The van der Waals surface area contributed by atoms with E-state index in [4.69, 9.17) is 0 Å². The summed E-state index contributed by atoms with van der Waals surface area (Å²) in [5.41, 5.74) is 4.34. The van der Waals surface area contributed by atoms with Crippen molar-refractivity contribution in [2.45, 2.75) is 38.6 Å². The van der Waals surface area contributed by atoms with Crippen LogP contribution in [0.25, 0.3) is 0 Å². The first kappa shape index (κ1) is 12.0. The van der Waals surface area contributed by atoms with Crippen LogP contribution in [0.3, 0.4) is 0 Å². The highest BCUT2D eigenvalue weighted by Gasteiger charge is 2.27. The molecule has 2 rings (SSSR count). The zero-order valence-corrected chi connectivity index (χ0v) is 11.4. The van der Waals surface area contributed by atoms with Gasteiger partial charge in [0.1, 0.15) is 0 Å². The van der Waals surface area contributed by atoms with Crippen molar-refractivity contribution < 1.29 is 0 Å². The van der Waals surface area contributed by atoms with E-state index < -0.39 is 0 Å². The molecule has 0 aromatic heterocycles. The summed E-state index contributed by atoms with van der Waals surface area (Å²) in [7, 11) is 0. The van der Waals surface area contributed by atoms with Gasteiger partial charge in [-0.1, -0.05) is 31.5 Å². The molecule has 0 fully saturated rings. The number of aryl methyl sites for hydroxylation is 2. The van der Waals surface area contributed by atoms with Gasteiger partial charge in [0.2, 0.25) is 0 Å². The average molecular weight is 235 g/mol. The van der Waals surface area contributed by atoms with Crippen molar-refractivity contribution in [1.82, 2.24) is 5.32 Å². The van der Waals surface area contributed by atoms with Crippen molar-refractivity contribution in [3.8, 4) is 0 Å². The Hall–Kier alpha value is -0.470. The lowest BCUT2D eigenvalue weighted by atomic mass is 9.92. The van der Waals surface area contributed by atoms with Gasteiger partial charge in [0.15, 0.2) is 0 Å². The third-order valence-corrected chi connectivity index (χ3v) is 4.81. The number of fused-ring (bicyclic) bond motifs is 1. The summed E-state index contributed by atoms with van der Waals surface area (Å²) in [4.78, 5) is 1.51. The van der Waals surface area contributed by atoms with E-state index in [1.54, 1.807) is 0 Å². The van der Waals surface area contributed by atoms with E-state index in [9.17, 15) is 0 Å². The molecule has 2 unspecified atom stereocenters. The van der Waals surface area contributed by atoms with Crippen LogP contribution in [0.5, 0.6) is 0 Å². The van der Waals surface area contributed by atoms with E-state index in [0.717, 1.165) is 12.5 Å². The predicted molar refractivity (Wildman–Crippen MR) is 72.2 cm³/mol. The van der Waals surface area contributed by atoms with Gasteiger partial charge in [0.05, 0.1) is 0 Å². The van der Waals surface area contributed by atoms with Gasteiger partial charge in [-0.3, -0.25) is 0 Å². The Morgan fingerprint density at radius 3 is 2.81 bits per heavy atom. The van der Waals surface area contributed by atoms with Gasteiger partial charge in [-0.2, -0.15) is 0 Å². The maximum atomic E-state index is 3.63. The summed E-state index contributed by atoms with van der Waals surface area (Å²) in [6.45, 7) is 10.0. The lowest BCUT2D eigenvalue weighted by Gasteiger charge is -2.32. The topological polar surface area (TPSA) is 12.0 Å². The second kappa shape index (κ2) is 4.80. The molecule has 0 radical (unpaired) electrons. The summed E-state index contributed by atoms with van der Waals surface area (Å²) in [6, 6.07) is 5.20. The Morgan fingerprint density at radius 2 is 2.12 bits per heavy atom. The Bertz CT molecular complexity index is 387. The van der Waals surface area contributed by atoms with Gasteiger partial charge < -0.3 is 5.32 Å². The summed E-state index contributed by atoms with van der Waals surface area (Å²) >= 11 is 2.02. The van der Waals surface area contributed by atoms with Gasteiger partial charge in [0, 0.05) is 16.7 Å². The molecule has 1 aromatic rings. The van der Waals surface area contributed by atoms with E-state index in [2.05, 4.69) is 45.1 Å². The SMILES string of the molecule is CCNC1c2cc(C)cc(C)c2SCC1C. The molecule has 0 aliphatic carbocycles. The van der Waals surface area contributed by atoms with Crippen LogP contribution in [0, 0.1) is 19.8 Å². The molecule has 16 heavy (non-hydrogen) atoms. The van der Waals surface area contributed by atoms with E-state index >= 15 is 0 Å². The molecule has 2 atom stereocenters. The van der Waals surface area contributed by atoms with Crippen molar-refractivity contribution >= 4 is 11.8 Å². The number of hydrogen-bond acceptors (Lipinski definition) is 2. The molecular weight excluding hydrogens is 214 g/mol. The minimum absolute atomic E-state index is 0.542. The molecule has 2 heteroatoms. The summed E-state index contributed by atoms with van der Waals surface area (Å²) < 4.78 is 0. The highest BCUT2D eigenvalue weighted by molar-refractivity contribution is 7.99. The molecular formula is C14H21NS. The molecule has 0 saturated carbocycles. The van der Waals surface area contributed by atoms with Crippen LogP contribution in [-0.4, -0.2) is 12.3 Å². The summed E-state index contributed by atoms with van der Waals surface area (Å²) in [5.74, 6) is 1.95. The fourth-order valence-corrected chi connectivity index (χ4v) is 3.83. The first-order chi connectivity index (χ1) is 7.63. The maximum absolute atomic E-state index is 3.63. The first-order valence-electron chi connectivity index (χ1n) is 6.10. The highest BCUT2D eigenvalue weighted by Crippen LogP contribution is 2.41. The molecule has 0 amide bonds. The van der Waals surface area contributed by atoms with Crippen LogP contribution >= 0.6 is 11.8 Å². The fourth-order valence-electron chi connectivity index (χ4n) is 2.56. The molecule has 0 saturated heterocycles. The highest BCUT2D eigenvalue weighted by atomic mass is 32.2. The molecule has 1 N–H and O–H groups in total. The van der Waals surface area contributed by atoms with E-state index in [-0.39, 0.29) is 0 Å². The number of benzene rings is 1. The standard InChI is InChI=1S/C14H21NS/c1-5-15-13-11(4)8-16-14-10(3)6-9(2)7-12(13)14/h6-7,11,13,15H,5,8H2,1-4H3. The second-order valence-electron chi connectivity index (χ2n) is 4.82. The average Bonchev–Trinajstić information content (AvgIpc) is 2.22. The van der Waals surface area contributed by atoms with Gasteiger partial charge in [0.25, 0.3) is 0 Å². The smallest absolute Gasteiger partial charge is 0.0365 e. The molecule has 1 aliphatic heterocycles. The quantitative estimate of drug-likeness (QED) is 0.839. The van der Waals surface area contributed by atoms with Crippen LogP contribution in [0.4, 0.5) is 0 Å². The fraction of sp³-hybridized carbons (Fsp3) is 0.571. The van der Waals surface area contributed by atoms with Crippen LogP contribution in [-0.2, 0) is 0 Å². The summed E-state index contributed by atoms with van der Waals surface area (Å²) in [5, 5.41) is 3.63. The second-order valence-corrected chi connectivity index (χ2v) is 5.85. The van der Waals surface area contributed by atoms with Gasteiger partial charge in [-0.05, 0) is 37.4 Å². The van der Waals surface area contributed by atoms with Gasteiger partial charge in [-0.25, -0.2) is 0 Å². The molecule has 1 nitrogen and oxygen atoms in total. The van der Waals surface area contributed by atoms with E-state index in [0.29, 0.717) is 6.04 Å². The Labute approximate surface area is 103 Å². The Balaban J connectivity index is 2.45.